The van der Waals surface area contributed by atoms with Crippen LogP contribution >= 0.6 is 11.6 Å². The number of halogens is 10. The van der Waals surface area contributed by atoms with Crippen LogP contribution in [0.3, 0.4) is 0 Å². The molecule has 3 aromatic rings. The molecule has 0 saturated carbocycles. The van der Waals surface area contributed by atoms with Crippen molar-refractivity contribution in [1.29, 1.82) is 0 Å². The van der Waals surface area contributed by atoms with Crippen LogP contribution in [0.2, 0.25) is 5.02 Å². The fourth-order valence-electron chi connectivity index (χ4n) is 2.38. The number of hydrogen-bond acceptors (Lipinski definition) is 4. The van der Waals surface area contributed by atoms with E-state index >= 15 is 0 Å². The fraction of sp³-hybridized carbons (Fsp3) is 0.214. The summed E-state index contributed by atoms with van der Waals surface area (Å²) in [6.45, 7) is 0. The van der Waals surface area contributed by atoms with Crippen LogP contribution in [-0.4, -0.2) is 19.7 Å². The zero-order valence-electron chi connectivity index (χ0n) is 13.4. The third-order valence-electron chi connectivity index (χ3n) is 3.59. The molecule has 2 heterocycles. The smallest absolute Gasteiger partial charge is 0.383 e. The largest absolute Gasteiger partial charge is 0.451 e. The van der Waals surface area contributed by atoms with Gasteiger partial charge in [-0.05, 0) is 18.2 Å². The molecule has 0 saturated heterocycles. The number of nitrogens with two attached hydrogens (primary N) is 1. The number of nitrogens with zero attached hydrogens (tertiary/aromatic N) is 4. The number of benzene rings is 1. The molecule has 156 valence electrons. The molecule has 1 aromatic carbocycles. The SMILES string of the molecule is Nc1c2c(C(F)(F)F)nc(C(F)(F)F)nc2nn1-c1cc(C(F)(F)F)ccc1Cl. The highest BCUT2D eigenvalue weighted by Crippen LogP contribution is 2.40. The van der Waals surface area contributed by atoms with Crippen molar-refractivity contribution >= 4 is 28.5 Å². The van der Waals surface area contributed by atoms with Crippen molar-refractivity contribution in [2.45, 2.75) is 18.5 Å². The third-order valence-corrected chi connectivity index (χ3v) is 3.91. The van der Waals surface area contributed by atoms with Crippen molar-refractivity contribution in [1.82, 2.24) is 19.7 Å². The molecule has 0 aliphatic heterocycles. The predicted molar refractivity (Wildman–Crippen MR) is 81.1 cm³/mol. The summed E-state index contributed by atoms with van der Waals surface area (Å²) < 4.78 is 117. The van der Waals surface area contributed by atoms with E-state index in [9.17, 15) is 39.5 Å². The van der Waals surface area contributed by atoms with Crippen molar-refractivity contribution in [3.8, 4) is 5.69 Å². The molecule has 0 atom stereocenters. The molecule has 2 aromatic heterocycles. The van der Waals surface area contributed by atoms with Gasteiger partial charge in [-0.15, -0.1) is 5.10 Å². The van der Waals surface area contributed by atoms with Gasteiger partial charge < -0.3 is 5.73 Å². The number of rotatable bonds is 1. The van der Waals surface area contributed by atoms with E-state index in [4.69, 9.17) is 17.3 Å². The summed E-state index contributed by atoms with van der Waals surface area (Å²) in [5.41, 5.74) is 0.541. The maximum Gasteiger partial charge on any atom is 0.451 e. The summed E-state index contributed by atoms with van der Waals surface area (Å²) in [5, 5.41) is 1.88. The molecule has 0 spiro atoms. The average Bonchev–Trinajstić information content (AvgIpc) is 2.88. The zero-order valence-corrected chi connectivity index (χ0v) is 14.1. The normalized spacial score (nSPS) is 13.3. The third kappa shape index (κ3) is 3.75. The molecule has 15 heteroatoms. The van der Waals surface area contributed by atoms with Crippen LogP contribution in [0.15, 0.2) is 18.2 Å². The highest BCUT2D eigenvalue weighted by molar-refractivity contribution is 6.32. The second kappa shape index (κ2) is 6.37. The Labute approximate surface area is 158 Å². The van der Waals surface area contributed by atoms with Crippen LogP contribution in [-0.2, 0) is 18.5 Å². The van der Waals surface area contributed by atoms with Gasteiger partial charge in [-0.2, -0.15) is 39.5 Å². The van der Waals surface area contributed by atoms with Crippen molar-refractivity contribution in [2.24, 2.45) is 0 Å². The summed E-state index contributed by atoms with van der Waals surface area (Å²) in [4.78, 5) is 5.40. The summed E-state index contributed by atoms with van der Waals surface area (Å²) in [5.74, 6) is -3.08. The number of anilines is 1. The van der Waals surface area contributed by atoms with Gasteiger partial charge in [-0.25, -0.2) is 14.6 Å². The summed E-state index contributed by atoms with van der Waals surface area (Å²) >= 11 is 5.79. The first-order chi connectivity index (χ1) is 13.1. The monoisotopic (exact) mass is 449 g/mol. The Balaban J connectivity index is 2.37. The van der Waals surface area contributed by atoms with Gasteiger partial charge in [0.25, 0.3) is 0 Å². The van der Waals surface area contributed by atoms with E-state index in [1.807, 2.05) is 0 Å². The topological polar surface area (TPSA) is 69.6 Å². The molecular formula is C14H5ClF9N5. The Morgan fingerprint density at radius 1 is 0.862 bits per heavy atom. The molecule has 0 unspecified atom stereocenters. The molecule has 0 aliphatic rings. The van der Waals surface area contributed by atoms with Crippen LogP contribution in [0.5, 0.6) is 0 Å². The molecule has 0 radical (unpaired) electrons. The lowest BCUT2D eigenvalue weighted by Gasteiger charge is -2.12. The van der Waals surface area contributed by atoms with Gasteiger partial charge in [0.2, 0.25) is 5.82 Å². The van der Waals surface area contributed by atoms with E-state index in [1.54, 1.807) is 0 Å². The molecule has 2 N–H and O–H groups in total. The molecule has 3 rings (SSSR count). The maximum absolute atomic E-state index is 13.3. The van der Waals surface area contributed by atoms with Crippen LogP contribution in [0.1, 0.15) is 17.1 Å². The van der Waals surface area contributed by atoms with Crippen molar-refractivity contribution in [3.63, 3.8) is 0 Å². The molecule has 0 amide bonds. The average molecular weight is 450 g/mol. The summed E-state index contributed by atoms with van der Waals surface area (Å²) in [6.07, 6.45) is -15.6. The second-order valence-corrected chi connectivity index (χ2v) is 5.96. The first-order valence-corrected chi connectivity index (χ1v) is 7.56. The predicted octanol–water partition coefficient (Wildman–Crippen LogP) is 5.11. The van der Waals surface area contributed by atoms with E-state index in [0.29, 0.717) is 16.8 Å². The van der Waals surface area contributed by atoms with Crippen molar-refractivity contribution in [2.75, 3.05) is 5.73 Å². The quantitative estimate of drug-likeness (QED) is 0.524. The fourth-order valence-corrected chi connectivity index (χ4v) is 2.58. The van der Waals surface area contributed by atoms with E-state index in [1.165, 1.54) is 0 Å². The Morgan fingerprint density at radius 3 is 2.00 bits per heavy atom. The van der Waals surface area contributed by atoms with Gasteiger partial charge in [0, 0.05) is 0 Å². The molecule has 0 aliphatic carbocycles. The number of fused-ring (bicyclic) bond motifs is 1. The van der Waals surface area contributed by atoms with Crippen molar-refractivity contribution in [3.05, 3.63) is 40.3 Å². The highest BCUT2D eigenvalue weighted by Gasteiger charge is 2.43. The van der Waals surface area contributed by atoms with Crippen molar-refractivity contribution < 1.29 is 39.5 Å². The van der Waals surface area contributed by atoms with Gasteiger partial charge >= 0.3 is 18.5 Å². The van der Waals surface area contributed by atoms with Gasteiger partial charge in [0.05, 0.1) is 21.7 Å². The highest BCUT2D eigenvalue weighted by atomic mass is 35.5. The van der Waals surface area contributed by atoms with E-state index < -0.39 is 63.2 Å². The van der Waals surface area contributed by atoms with Crippen LogP contribution < -0.4 is 5.73 Å². The number of hydrogen-bond donors (Lipinski definition) is 1. The molecular weight excluding hydrogens is 445 g/mol. The minimum Gasteiger partial charge on any atom is -0.383 e. The Hall–Kier alpha value is -2.77. The minimum absolute atomic E-state index is 0.340. The lowest BCUT2D eigenvalue weighted by molar-refractivity contribution is -0.151. The molecule has 5 nitrogen and oxygen atoms in total. The maximum atomic E-state index is 13.3. The Bertz CT molecular complexity index is 1100. The lowest BCUT2D eigenvalue weighted by atomic mass is 10.2. The van der Waals surface area contributed by atoms with E-state index in [-0.39, 0.29) is 0 Å². The molecule has 0 bridgehead atoms. The summed E-state index contributed by atoms with van der Waals surface area (Å²) in [7, 11) is 0. The Kier molecular flexibility index (Phi) is 4.60. The minimum atomic E-state index is -5.39. The first-order valence-electron chi connectivity index (χ1n) is 7.18. The zero-order chi connectivity index (χ0) is 21.9. The van der Waals surface area contributed by atoms with Crippen LogP contribution in [0.25, 0.3) is 16.7 Å². The van der Waals surface area contributed by atoms with Crippen LogP contribution in [0.4, 0.5) is 45.3 Å². The number of nitrogen functional groups attached to an aromatic ring is 1. The standard InChI is InChI=1S/C14H5ClF9N5/c15-5-2-1-4(12(16,17)18)3-6(5)29-9(25)7-8(13(19,20)21)26-11(14(22,23)24)27-10(7)28-29/h1-3H,25H2. The molecule has 29 heavy (non-hydrogen) atoms. The number of alkyl halides is 9. The van der Waals surface area contributed by atoms with Crippen LogP contribution in [0, 0.1) is 0 Å². The Morgan fingerprint density at radius 2 is 1.48 bits per heavy atom. The molecule has 0 fully saturated rings. The summed E-state index contributed by atoms with van der Waals surface area (Å²) in [6, 6.07) is 1.80. The van der Waals surface area contributed by atoms with E-state index in [2.05, 4.69) is 15.1 Å². The van der Waals surface area contributed by atoms with Gasteiger partial charge in [-0.1, -0.05) is 11.6 Å². The lowest BCUT2D eigenvalue weighted by Crippen LogP contribution is -2.17. The van der Waals surface area contributed by atoms with Gasteiger partial charge in [0.1, 0.15) is 5.82 Å². The van der Waals surface area contributed by atoms with Gasteiger partial charge in [-0.3, -0.25) is 0 Å². The first kappa shape index (κ1) is 21.0. The van der Waals surface area contributed by atoms with E-state index in [0.717, 1.165) is 6.07 Å². The second-order valence-electron chi connectivity index (χ2n) is 5.55. The number of aromatic nitrogens is 4. The van der Waals surface area contributed by atoms with Gasteiger partial charge in [0.15, 0.2) is 11.3 Å².